The molecule has 1 N–H and O–H groups in total. The second kappa shape index (κ2) is 7.24. The van der Waals surface area contributed by atoms with Gasteiger partial charge >= 0.3 is 0 Å². The first-order valence-corrected chi connectivity index (χ1v) is 6.62. The van der Waals surface area contributed by atoms with Gasteiger partial charge < -0.3 is 10.2 Å². The molecule has 0 radical (unpaired) electrons. The topological polar surface area (TPSA) is 15.3 Å². The molecule has 1 aliphatic rings. The summed E-state index contributed by atoms with van der Waals surface area (Å²) in [5, 5.41) is 3.74. The molecule has 0 heterocycles. The lowest BCUT2D eigenvalue weighted by Gasteiger charge is -2.26. The van der Waals surface area contributed by atoms with E-state index in [1.807, 2.05) is 0 Å². The fraction of sp³-hybridized carbons (Fsp3) is 1.00. The maximum atomic E-state index is 3.74. The second-order valence-corrected chi connectivity index (χ2v) is 5.20. The number of hydrogen-bond donors (Lipinski definition) is 1. The molecule has 0 amide bonds. The highest BCUT2D eigenvalue weighted by molar-refractivity contribution is 4.81. The Morgan fingerprint density at radius 2 is 1.93 bits per heavy atom. The summed E-state index contributed by atoms with van der Waals surface area (Å²) in [6, 6.07) is 0.773. The Labute approximate surface area is 95.4 Å². The van der Waals surface area contributed by atoms with Crippen molar-refractivity contribution < 1.29 is 0 Å². The third-order valence-corrected chi connectivity index (χ3v) is 3.51. The van der Waals surface area contributed by atoms with Crippen LogP contribution in [0.4, 0.5) is 0 Å². The first-order valence-electron chi connectivity index (χ1n) is 6.62. The Hall–Kier alpha value is -0.0800. The minimum atomic E-state index is 0.773. The van der Waals surface area contributed by atoms with Gasteiger partial charge in [0.15, 0.2) is 0 Å². The number of hydrogen-bond acceptors (Lipinski definition) is 2. The number of rotatable bonds is 7. The molecule has 0 aromatic rings. The monoisotopic (exact) mass is 212 g/mol. The van der Waals surface area contributed by atoms with Crippen LogP contribution in [-0.2, 0) is 0 Å². The highest BCUT2D eigenvalue weighted by Gasteiger charge is 2.23. The van der Waals surface area contributed by atoms with Gasteiger partial charge in [0.1, 0.15) is 0 Å². The Bertz CT molecular complexity index is 151. The SMILES string of the molecule is CCCNC(CCN(C)C)C1CCCC1. The summed E-state index contributed by atoms with van der Waals surface area (Å²) in [7, 11) is 4.34. The van der Waals surface area contributed by atoms with Gasteiger partial charge in [0.25, 0.3) is 0 Å². The molecule has 90 valence electrons. The largest absolute Gasteiger partial charge is 0.314 e. The molecule has 1 atom stereocenters. The van der Waals surface area contributed by atoms with Crippen molar-refractivity contribution in [3.05, 3.63) is 0 Å². The standard InChI is InChI=1S/C13H28N2/c1-4-10-14-13(9-11-15(2)3)12-7-5-6-8-12/h12-14H,4-11H2,1-3H3. The molecule has 0 saturated heterocycles. The number of nitrogens with zero attached hydrogens (tertiary/aromatic N) is 1. The van der Waals surface area contributed by atoms with E-state index in [2.05, 4.69) is 31.2 Å². The molecule has 1 rings (SSSR count). The fourth-order valence-corrected chi connectivity index (χ4v) is 2.59. The molecule has 15 heavy (non-hydrogen) atoms. The van der Waals surface area contributed by atoms with E-state index in [1.165, 1.54) is 51.6 Å². The van der Waals surface area contributed by atoms with Gasteiger partial charge in [-0.3, -0.25) is 0 Å². The van der Waals surface area contributed by atoms with Gasteiger partial charge in [-0.25, -0.2) is 0 Å². The minimum absolute atomic E-state index is 0.773. The van der Waals surface area contributed by atoms with Gasteiger partial charge in [0, 0.05) is 6.04 Å². The zero-order valence-electron chi connectivity index (χ0n) is 10.8. The van der Waals surface area contributed by atoms with E-state index in [0.29, 0.717) is 0 Å². The molecule has 1 fully saturated rings. The van der Waals surface area contributed by atoms with Crippen molar-refractivity contribution >= 4 is 0 Å². The summed E-state index contributed by atoms with van der Waals surface area (Å²) in [4.78, 5) is 2.30. The first kappa shape index (κ1) is 13.0. The summed E-state index contributed by atoms with van der Waals surface area (Å²) in [6.07, 6.45) is 8.39. The molecule has 1 aliphatic carbocycles. The maximum Gasteiger partial charge on any atom is 0.0107 e. The molecule has 0 spiro atoms. The average Bonchev–Trinajstić information content (AvgIpc) is 2.71. The van der Waals surface area contributed by atoms with Gasteiger partial charge in [-0.15, -0.1) is 0 Å². The van der Waals surface area contributed by atoms with Gasteiger partial charge in [-0.05, 0) is 58.8 Å². The van der Waals surface area contributed by atoms with Crippen molar-refractivity contribution in [2.75, 3.05) is 27.2 Å². The zero-order valence-corrected chi connectivity index (χ0v) is 10.8. The average molecular weight is 212 g/mol. The van der Waals surface area contributed by atoms with Crippen LogP contribution in [0.2, 0.25) is 0 Å². The molecule has 2 nitrogen and oxygen atoms in total. The third kappa shape index (κ3) is 4.98. The van der Waals surface area contributed by atoms with Crippen molar-refractivity contribution in [2.45, 2.75) is 51.5 Å². The van der Waals surface area contributed by atoms with E-state index in [4.69, 9.17) is 0 Å². The van der Waals surface area contributed by atoms with E-state index >= 15 is 0 Å². The van der Waals surface area contributed by atoms with Crippen LogP contribution in [0.3, 0.4) is 0 Å². The van der Waals surface area contributed by atoms with E-state index in [9.17, 15) is 0 Å². The highest BCUT2D eigenvalue weighted by Crippen LogP contribution is 2.29. The Morgan fingerprint density at radius 1 is 1.27 bits per heavy atom. The lowest BCUT2D eigenvalue weighted by atomic mass is 9.95. The maximum absolute atomic E-state index is 3.74. The van der Waals surface area contributed by atoms with Gasteiger partial charge in [-0.1, -0.05) is 19.8 Å². The van der Waals surface area contributed by atoms with Crippen molar-refractivity contribution in [1.82, 2.24) is 10.2 Å². The van der Waals surface area contributed by atoms with Crippen molar-refractivity contribution in [2.24, 2.45) is 5.92 Å². The van der Waals surface area contributed by atoms with E-state index in [-0.39, 0.29) is 0 Å². The van der Waals surface area contributed by atoms with Crippen LogP contribution >= 0.6 is 0 Å². The molecular formula is C13H28N2. The summed E-state index contributed by atoms with van der Waals surface area (Å²) < 4.78 is 0. The lowest BCUT2D eigenvalue weighted by molar-refractivity contribution is 0.295. The van der Waals surface area contributed by atoms with Crippen LogP contribution in [0.15, 0.2) is 0 Å². The van der Waals surface area contributed by atoms with E-state index in [1.54, 1.807) is 0 Å². The van der Waals surface area contributed by atoms with Crippen LogP contribution in [0.5, 0.6) is 0 Å². The summed E-state index contributed by atoms with van der Waals surface area (Å²) in [6.45, 7) is 4.66. The molecule has 0 aromatic heterocycles. The van der Waals surface area contributed by atoms with Crippen LogP contribution in [0, 0.1) is 5.92 Å². The second-order valence-electron chi connectivity index (χ2n) is 5.20. The quantitative estimate of drug-likeness (QED) is 0.697. The zero-order chi connectivity index (χ0) is 11.1. The normalized spacial score (nSPS) is 20.0. The third-order valence-electron chi connectivity index (χ3n) is 3.51. The summed E-state index contributed by atoms with van der Waals surface area (Å²) in [5.74, 6) is 0.955. The molecule has 2 heteroatoms. The Kier molecular flexibility index (Phi) is 6.26. The highest BCUT2D eigenvalue weighted by atomic mass is 15.1. The molecule has 0 aromatic carbocycles. The molecule has 0 aliphatic heterocycles. The molecule has 1 unspecified atom stereocenters. The van der Waals surface area contributed by atoms with Crippen molar-refractivity contribution in [1.29, 1.82) is 0 Å². The molecule has 0 bridgehead atoms. The molecule has 1 saturated carbocycles. The Morgan fingerprint density at radius 3 is 2.47 bits per heavy atom. The number of nitrogens with one attached hydrogen (secondary N) is 1. The minimum Gasteiger partial charge on any atom is -0.314 e. The van der Waals surface area contributed by atoms with Crippen LogP contribution in [-0.4, -0.2) is 38.1 Å². The van der Waals surface area contributed by atoms with E-state index in [0.717, 1.165) is 12.0 Å². The van der Waals surface area contributed by atoms with Gasteiger partial charge in [0.2, 0.25) is 0 Å². The predicted molar refractivity (Wildman–Crippen MR) is 67.2 cm³/mol. The van der Waals surface area contributed by atoms with Gasteiger partial charge in [-0.2, -0.15) is 0 Å². The van der Waals surface area contributed by atoms with Crippen LogP contribution in [0.25, 0.3) is 0 Å². The van der Waals surface area contributed by atoms with Crippen molar-refractivity contribution in [3.8, 4) is 0 Å². The van der Waals surface area contributed by atoms with Crippen molar-refractivity contribution in [3.63, 3.8) is 0 Å². The summed E-state index contributed by atoms with van der Waals surface area (Å²) >= 11 is 0. The first-order chi connectivity index (χ1) is 7.24. The smallest absolute Gasteiger partial charge is 0.0107 e. The lowest BCUT2D eigenvalue weighted by Crippen LogP contribution is -2.38. The van der Waals surface area contributed by atoms with Crippen LogP contribution < -0.4 is 5.32 Å². The predicted octanol–water partition coefficient (Wildman–Crippen LogP) is 2.50. The van der Waals surface area contributed by atoms with Gasteiger partial charge in [0.05, 0.1) is 0 Å². The van der Waals surface area contributed by atoms with E-state index < -0.39 is 0 Å². The Balaban J connectivity index is 2.30. The van der Waals surface area contributed by atoms with Crippen LogP contribution in [0.1, 0.15) is 45.4 Å². The fourth-order valence-electron chi connectivity index (χ4n) is 2.59. The summed E-state index contributed by atoms with van der Waals surface area (Å²) in [5.41, 5.74) is 0. The molecular weight excluding hydrogens is 184 g/mol.